The van der Waals surface area contributed by atoms with Gasteiger partial charge in [0.15, 0.2) is 17.0 Å². The molecular weight excluding hydrogens is 1960 g/mol. The van der Waals surface area contributed by atoms with E-state index in [-0.39, 0.29) is 117 Å². The van der Waals surface area contributed by atoms with Crippen LogP contribution in [0.4, 0.5) is 17.5 Å². The van der Waals surface area contributed by atoms with E-state index in [9.17, 15) is 48.3 Å². The second-order valence-electron chi connectivity index (χ2n) is 31.6. The topological polar surface area (TPSA) is 505 Å². The molecule has 19 atom stereocenters. The molecule has 0 aliphatic carbocycles. The van der Waals surface area contributed by atoms with Crippen LogP contribution in [0.5, 0.6) is 0 Å². The first kappa shape index (κ1) is 103. The Kier molecular flexibility index (Phi) is 35.1. The molecule has 0 saturated carbocycles. The first-order valence-electron chi connectivity index (χ1n) is 43.0. The van der Waals surface area contributed by atoms with Crippen molar-refractivity contribution in [2.45, 2.75) is 165 Å². The summed E-state index contributed by atoms with van der Waals surface area (Å²) in [5, 5.41) is 19.8. The number of hydrogen-bond acceptors (Lipinski definition) is 36. The minimum absolute atomic E-state index is 0.00391. The SMILES string of the molecule is [C-]#[N+]CCOP(=S)(OC[C@H]1O[C@@H](n2cc(C)c(NC(=O)c3ccccc3)nc2=O)C[C@H]1O)O[C@@H]1C[C@H](n2cc(C)c(NC(=O)c3ccccc3)nc2=O)O[C@@H]1COP(=S)(OCC[N+]#[C-])O[C@@H]1C[C@H](n2cnc3c(NC(=O)c4ccccc4)ncnc32)O[C@@H]1COP(=S)(OCC[N+]#[C-])O[C@@H]1C[C@H](n2cc(C)c(=O)[nH]c2=O)O[C@@H]1COP(=S)(OCC[N+]#[C-])O[C@@H]1C[C@H](n2cc(C)c(=O)[nH]c2=O)O[C@@H]1CC. The third kappa shape index (κ3) is 25.9. The zero-order valence-corrected chi connectivity index (χ0v) is 81.1. The number of nitrogens with zero attached hydrogens (tertiary/aromatic N) is 14. The lowest BCUT2D eigenvalue weighted by atomic mass is 10.1. The molecule has 9 aromatic rings. The van der Waals surface area contributed by atoms with Gasteiger partial charge in [0.25, 0.3) is 28.8 Å². The van der Waals surface area contributed by atoms with Gasteiger partial charge in [0.2, 0.25) is 26.2 Å². The van der Waals surface area contributed by atoms with Gasteiger partial charge in [-0.25, -0.2) is 60.4 Å². The van der Waals surface area contributed by atoms with Crippen LogP contribution in [0.1, 0.15) is 130 Å². The standard InChI is InChI=1S/C84H93N19O27P4S4/c1-10-57-58(35-67(122-57)101-41-51(4)76(105)97-83(101)112)127-132(136,115-31-27-86-7)119-44-64-60(37-69(125-64)102-42-52(5)77(106)98-84(102)113)129-133(137,116-32-28-87-8)121-46-65-61(38-70(126-65)103-48-91-71-74(89-47-90-75(71)103)94-80(109)55-24-18-13-19-25-55)130-134(138,117-33-29-88-9)120-45-63-59(36-68(124-63)100-40-50(3)73(96-82(100)111)93-79(108)54-22-16-12-17-23-54)128-131(135,114-30-26-85-6)118-43-62-56(104)34-66(123-62)99-39-49(2)72(95-81(99)110)92-78(107)53-20-14-11-15-21-53/h11-25,39-42,47-48,56-70,104H,10,26-38,43-46H2,1-5H3,(H,97,105,112)(H,98,106,113)(H,89,90,94,109)(H,92,95,107,110)(H,93,96,108,111)/t56-,57-,58-,59-,60-,61-,62-,63-,64-,65-,66-,67-,68-,69-,70-,131?,132?,133?,134?/m1/s1. The molecule has 11 heterocycles. The van der Waals surface area contributed by atoms with E-state index in [0.29, 0.717) is 28.7 Å². The molecule has 14 rings (SSSR count). The fourth-order valence-corrected chi connectivity index (χ4v) is 23.6. The predicted octanol–water partition coefficient (Wildman–Crippen LogP) is 8.89. The average Bonchev–Trinajstić information content (AvgIpc) is 1.62. The van der Waals surface area contributed by atoms with Gasteiger partial charge in [-0.05, 0) is 118 Å². The lowest BCUT2D eigenvalue weighted by molar-refractivity contribution is -0.0591. The van der Waals surface area contributed by atoms with Gasteiger partial charge >= 0.3 is 49.6 Å². The highest BCUT2D eigenvalue weighted by molar-refractivity contribution is 8.08. The number of carbonyl (C=O) groups excluding carboxylic acids is 3. The van der Waals surface area contributed by atoms with Crippen LogP contribution >= 0.6 is 26.9 Å². The Labute approximate surface area is 806 Å². The van der Waals surface area contributed by atoms with Crippen LogP contribution in [0.3, 0.4) is 0 Å². The van der Waals surface area contributed by atoms with Crippen LogP contribution in [-0.2, 0) is 125 Å². The lowest BCUT2D eigenvalue weighted by Crippen LogP contribution is -2.33. The van der Waals surface area contributed by atoms with Gasteiger partial charge in [0, 0.05) is 95.8 Å². The van der Waals surface area contributed by atoms with Gasteiger partial charge in [-0.1, -0.05) is 61.5 Å². The highest BCUT2D eigenvalue weighted by atomic mass is 32.5. The number of ether oxygens (including phenoxy) is 5. The van der Waals surface area contributed by atoms with E-state index in [1.165, 1.54) is 60.4 Å². The molecule has 3 amide bonds. The van der Waals surface area contributed by atoms with Gasteiger partial charge in [0.1, 0.15) is 99.9 Å². The van der Waals surface area contributed by atoms with Gasteiger partial charge in [-0.2, -0.15) is 9.97 Å². The number of aryl methyl sites for hydroxylation is 4. The van der Waals surface area contributed by atoms with Gasteiger partial charge in [0.05, 0.1) is 69.4 Å². The number of amides is 3. The second kappa shape index (κ2) is 46.8. The van der Waals surface area contributed by atoms with Crippen LogP contribution in [0.25, 0.3) is 30.5 Å². The number of carbonyl (C=O) groups is 3. The Hall–Kier alpha value is -10.4. The number of hydrogen-bond donors (Lipinski definition) is 6. The molecule has 0 spiro atoms. The van der Waals surface area contributed by atoms with Crippen LogP contribution < -0.4 is 49.8 Å². The molecule has 46 nitrogen and oxygen atoms in total. The summed E-state index contributed by atoms with van der Waals surface area (Å²) in [7, 11) is 0. The zero-order chi connectivity index (χ0) is 98.2. The highest BCUT2D eigenvalue weighted by Gasteiger charge is 2.50. The molecular formula is C84H93N19O27P4S4. The monoisotopic (exact) mass is 2050 g/mol. The zero-order valence-electron chi connectivity index (χ0n) is 74.3. The Morgan fingerprint density at radius 1 is 0.428 bits per heavy atom. The van der Waals surface area contributed by atoms with Crippen LogP contribution in [0.2, 0.25) is 0 Å². The summed E-state index contributed by atoms with van der Waals surface area (Å²) in [4.78, 5) is 161. The minimum Gasteiger partial charge on any atom is -0.390 e. The van der Waals surface area contributed by atoms with Crippen molar-refractivity contribution in [3.05, 3.63) is 276 Å². The van der Waals surface area contributed by atoms with E-state index in [4.69, 9.17) is 151 Å². The summed E-state index contributed by atoms with van der Waals surface area (Å²) in [5.41, 5.74) is -2.51. The lowest BCUT2D eigenvalue weighted by Gasteiger charge is -2.31. The number of benzene rings is 3. The fourth-order valence-electron chi connectivity index (χ4n) is 15.1. The Balaban J connectivity index is 0.769. The summed E-state index contributed by atoms with van der Waals surface area (Å²) >= 11 is 25.0. The molecule has 3 aromatic carbocycles. The number of aromatic amines is 2. The van der Waals surface area contributed by atoms with Gasteiger partial charge in [-0.3, -0.25) is 56.8 Å². The number of rotatable bonds is 44. The van der Waals surface area contributed by atoms with Crippen molar-refractivity contribution in [2.75, 3.05) is 95.0 Å². The summed E-state index contributed by atoms with van der Waals surface area (Å²) in [6.07, 6.45) is -10.8. The minimum atomic E-state index is -4.45. The second-order valence-corrected chi connectivity index (χ2v) is 43.4. The van der Waals surface area contributed by atoms with E-state index in [2.05, 4.69) is 70.2 Å². The van der Waals surface area contributed by atoms with Crippen molar-refractivity contribution >= 4 is 120 Å². The molecule has 54 heteroatoms. The Bertz CT molecular complexity index is 6720. The van der Waals surface area contributed by atoms with E-state index < -0.39 is 210 Å². The molecule has 5 fully saturated rings. The first-order chi connectivity index (χ1) is 66.3. The van der Waals surface area contributed by atoms with Crippen molar-refractivity contribution < 1.29 is 97.5 Å². The maximum atomic E-state index is 14.5. The number of aliphatic hydroxyl groups excluding tert-OH is 1. The molecule has 6 N–H and O–H groups in total. The van der Waals surface area contributed by atoms with Gasteiger partial charge in [-0.15, -0.1) is 0 Å². The van der Waals surface area contributed by atoms with Crippen LogP contribution in [0.15, 0.2) is 157 Å². The third-order valence-corrected chi connectivity index (χ3v) is 31.6. The van der Waals surface area contributed by atoms with Crippen LogP contribution in [0, 0.1) is 54.0 Å². The van der Waals surface area contributed by atoms with E-state index in [0.717, 1.165) is 13.7 Å². The fraction of sp³-hybridized carbons (Fsp3) is 0.452. The average molecular weight is 2050 g/mol. The Morgan fingerprint density at radius 2 is 0.746 bits per heavy atom. The molecule has 4 unspecified atom stereocenters. The third-order valence-electron chi connectivity index (χ3n) is 22.1. The van der Waals surface area contributed by atoms with E-state index >= 15 is 0 Å². The van der Waals surface area contributed by atoms with Crippen molar-refractivity contribution in [3.63, 3.8) is 0 Å². The maximum Gasteiger partial charge on any atom is 0.351 e. The number of H-pyrrole nitrogens is 2. The number of aromatic nitrogens is 12. The number of anilines is 3. The predicted molar refractivity (Wildman–Crippen MR) is 506 cm³/mol. The van der Waals surface area contributed by atoms with E-state index in [1.807, 2.05) is 0 Å². The van der Waals surface area contributed by atoms with Crippen molar-refractivity contribution in [1.29, 1.82) is 0 Å². The largest absolute Gasteiger partial charge is 0.390 e. The molecule has 0 radical (unpaired) electrons. The summed E-state index contributed by atoms with van der Waals surface area (Å²) < 4.78 is 118. The normalized spacial score (nSPS) is 24.1. The smallest absolute Gasteiger partial charge is 0.351 e. The van der Waals surface area contributed by atoms with Crippen molar-refractivity contribution in [3.8, 4) is 0 Å². The Morgan fingerprint density at radius 3 is 1.12 bits per heavy atom. The van der Waals surface area contributed by atoms with Gasteiger partial charge < -0.3 is 118 Å². The maximum absolute atomic E-state index is 14.5. The molecule has 6 aromatic heterocycles. The summed E-state index contributed by atoms with van der Waals surface area (Å²) in [6.45, 7) is 16.8. The van der Waals surface area contributed by atoms with Crippen molar-refractivity contribution in [2.24, 2.45) is 0 Å². The number of aliphatic hydroxyl groups is 1. The van der Waals surface area contributed by atoms with Crippen molar-refractivity contribution in [1.82, 2.24) is 57.7 Å². The molecule has 5 saturated heterocycles. The molecule has 5 aliphatic heterocycles. The summed E-state index contributed by atoms with van der Waals surface area (Å²) in [6, 6.07) is 24.8. The number of nitrogens with one attached hydrogen (secondary N) is 5. The first-order valence-corrected chi connectivity index (χ1v) is 53.2. The molecule has 5 aliphatic rings. The quantitative estimate of drug-likeness (QED) is 0.0118. The number of fused-ring (bicyclic) bond motifs is 1. The number of imidazole rings is 1. The summed E-state index contributed by atoms with van der Waals surface area (Å²) in [5.74, 6) is -1.69. The van der Waals surface area contributed by atoms with E-state index in [1.54, 1.807) is 112 Å². The molecule has 730 valence electrons. The highest BCUT2D eigenvalue weighted by Crippen LogP contribution is 2.60. The molecule has 0 bridgehead atoms. The molecule has 138 heavy (non-hydrogen) atoms. The van der Waals surface area contributed by atoms with Crippen LogP contribution in [-0.4, -0.2) is 221 Å².